The number of hydrogen-bond donors (Lipinski definition) is 1. The number of pyridine rings is 1. The molecule has 0 aliphatic carbocycles. The minimum absolute atomic E-state index is 0.108. The lowest BCUT2D eigenvalue weighted by Gasteiger charge is -2.15. The molecule has 1 fully saturated rings. The molecule has 21 heavy (non-hydrogen) atoms. The van der Waals surface area contributed by atoms with Gasteiger partial charge in [0.05, 0.1) is 12.2 Å². The Morgan fingerprint density at radius 2 is 2.10 bits per heavy atom. The van der Waals surface area contributed by atoms with E-state index in [0.717, 1.165) is 25.9 Å². The lowest BCUT2D eigenvalue weighted by atomic mass is 10.3. The molecule has 2 aromatic heterocycles. The van der Waals surface area contributed by atoms with Crippen LogP contribution in [0.2, 0.25) is 0 Å². The molecule has 0 atom stereocenters. The Balaban J connectivity index is 1.63. The molecule has 110 valence electrons. The van der Waals surface area contributed by atoms with E-state index in [0.29, 0.717) is 17.9 Å². The van der Waals surface area contributed by atoms with Crippen LogP contribution in [0.4, 0.5) is 0 Å². The number of carbonyl (C=O) groups excluding carboxylic acids is 1. The van der Waals surface area contributed by atoms with Crippen LogP contribution in [0.1, 0.15) is 18.5 Å². The molecule has 0 spiro atoms. The molecular formula is C15H18N4O2. The number of nitrogens with one attached hydrogen (secondary N) is 1. The number of nitrogens with zero attached hydrogens (tertiary/aromatic N) is 3. The molecule has 1 aliphatic rings. The minimum Gasteiger partial charge on any atom is -0.342 e. The second-order valence-electron chi connectivity index (χ2n) is 5.21. The van der Waals surface area contributed by atoms with Crippen molar-refractivity contribution in [2.45, 2.75) is 19.4 Å². The molecule has 3 heterocycles. The summed E-state index contributed by atoms with van der Waals surface area (Å²) < 4.78 is 1.50. The van der Waals surface area contributed by atoms with Crippen molar-refractivity contribution in [3.63, 3.8) is 0 Å². The number of aromatic nitrogens is 2. The Hall–Kier alpha value is -2.21. The van der Waals surface area contributed by atoms with Crippen molar-refractivity contribution >= 4 is 11.6 Å². The van der Waals surface area contributed by atoms with E-state index >= 15 is 0 Å². The summed E-state index contributed by atoms with van der Waals surface area (Å²) in [5.74, 6) is 0.116. The van der Waals surface area contributed by atoms with Gasteiger partial charge in [0.15, 0.2) is 0 Å². The summed E-state index contributed by atoms with van der Waals surface area (Å²) in [5.41, 5.74) is 1.16. The predicted octanol–water partition coefficient (Wildman–Crippen LogP) is 0.406. The zero-order valence-corrected chi connectivity index (χ0v) is 11.8. The molecule has 0 bridgehead atoms. The average molecular weight is 286 g/mol. The fraction of sp³-hybridized carbons (Fsp3) is 0.400. The zero-order chi connectivity index (χ0) is 14.7. The highest BCUT2D eigenvalue weighted by atomic mass is 16.2. The largest absolute Gasteiger partial charge is 0.342 e. The normalized spacial score (nSPS) is 14.8. The van der Waals surface area contributed by atoms with E-state index in [1.165, 1.54) is 10.5 Å². The summed E-state index contributed by atoms with van der Waals surface area (Å²) >= 11 is 0. The van der Waals surface area contributed by atoms with Crippen LogP contribution in [-0.2, 0) is 11.3 Å². The maximum absolute atomic E-state index is 11.9. The van der Waals surface area contributed by atoms with Gasteiger partial charge in [-0.3, -0.25) is 14.0 Å². The van der Waals surface area contributed by atoms with Gasteiger partial charge in [-0.05, 0) is 25.0 Å². The molecule has 0 unspecified atom stereocenters. The van der Waals surface area contributed by atoms with Gasteiger partial charge in [-0.2, -0.15) is 0 Å². The van der Waals surface area contributed by atoms with Crippen molar-refractivity contribution in [3.8, 4) is 0 Å². The predicted molar refractivity (Wildman–Crippen MR) is 79.0 cm³/mol. The summed E-state index contributed by atoms with van der Waals surface area (Å²) in [7, 11) is 0. The topological polar surface area (TPSA) is 66.7 Å². The van der Waals surface area contributed by atoms with Gasteiger partial charge < -0.3 is 10.2 Å². The van der Waals surface area contributed by atoms with Gasteiger partial charge >= 0.3 is 0 Å². The van der Waals surface area contributed by atoms with Gasteiger partial charge in [0.2, 0.25) is 5.91 Å². The van der Waals surface area contributed by atoms with Crippen LogP contribution in [0.15, 0.2) is 35.3 Å². The van der Waals surface area contributed by atoms with E-state index in [1.807, 2.05) is 11.0 Å². The van der Waals surface area contributed by atoms with Crippen molar-refractivity contribution in [1.82, 2.24) is 19.6 Å². The first-order chi connectivity index (χ1) is 10.2. The number of amides is 1. The van der Waals surface area contributed by atoms with Gasteiger partial charge in [-0.1, -0.05) is 6.07 Å². The van der Waals surface area contributed by atoms with Crippen molar-refractivity contribution in [2.24, 2.45) is 0 Å². The molecule has 1 amide bonds. The summed E-state index contributed by atoms with van der Waals surface area (Å²) in [6, 6.07) is 6.93. The minimum atomic E-state index is -0.108. The molecule has 3 rings (SSSR count). The third kappa shape index (κ3) is 3.11. The quantitative estimate of drug-likeness (QED) is 0.884. The maximum Gasteiger partial charge on any atom is 0.258 e. The van der Waals surface area contributed by atoms with E-state index < -0.39 is 0 Å². The fourth-order valence-electron chi connectivity index (χ4n) is 2.57. The molecule has 0 saturated carbocycles. The van der Waals surface area contributed by atoms with Crippen LogP contribution in [0.3, 0.4) is 0 Å². The number of rotatable bonds is 4. The van der Waals surface area contributed by atoms with Crippen LogP contribution in [0.5, 0.6) is 0 Å². The fourth-order valence-corrected chi connectivity index (χ4v) is 2.57. The van der Waals surface area contributed by atoms with Crippen molar-refractivity contribution < 1.29 is 4.79 Å². The lowest BCUT2D eigenvalue weighted by Crippen LogP contribution is -2.36. The van der Waals surface area contributed by atoms with E-state index in [-0.39, 0.29) is 18.0 Å². The van der Waals surface area contributed by atoms with Crippen LogP contribution in [0, 0.1) is 0 Å². The van der Waals surface area contributed by atoms with Crippen LogP contribution < -0.4 is 10.9 Å². The van der Waals surface area contributed by atoms with Gasteiger partial charge in [0.1, 0.15) is 5.65 Å². The third-order valence-corrected chi connectivity index (χ3v) is 3.67. The molecule has 2 aromatic rings. The zero-order valence-electron chi connectivity index (χ0n) is 11.8. The van der Waals surface area contributed by atoms with E-state index in [2.05, 4.69) is 10.3 Å². The summed E-state index contributed by atoms with van der Waals surface area (Å²) in [4.78, 5) is 30.1. The number of hydrogen-bond acceptors (Lipinski definition) is 4. The first kappa shape index (κ1) is 13.8. The number of fused-ring (bicyclic) bond motifs is 1. The summed E-state index contributed by atoms with van der Waals surface area (Å²) in [6.45, 7) is 2.42. The second kappa shape index (κ2) is 6.05. The van der Waals surface area contributed by atoms with Gasteiger partial charge in [0, 0.05) is 31.9 Å². The second-order valence-corrected chi connectivity index (χ2v) is 5.21. The molecule has 6 nitrogen and oxygen atoms in total. The molecule has 1 saturated heterocycles. The average Bonchev–Trinajstić information content (AvgIpc) is 3.01. The molecular weight excluding hydrogens is 268 g/mol. The Morgan fingerprint density at radius 1 is 1.29 bits per heavy atom. The highest BCUT2D eigenvalue weighted by molar-refractivity contribution is 5.78. The molecule has 0 radical (unpaired) electrons. The van der Waals surface area contributed by atoms with Gasteiger partial charge in [-0.15, -0.1) is 0 Å². The Bertz CT molecular complexity index is 704. The first-order valence-electron chi connectivity index (χ1n) is 7.20. The molecule has 1 aliphatic heterocycles. The van der Waals surface area contributed by atoms with Crippen LogP contribution >= 0.6 is 0 Å². The highest BCUT2D eigenvalue weighted by Crippen LogP contribution is 2.06. The van der Waals surface area contributed by atoms with E-state index in [4.69, 9.17) is 0 Å². The van der Waals surface area contributed by atoms with Crippen molar-refractivity contribution in [2.75, 3.05) is 19.6 Å². The number of carbonyl (C=O) groups is 1. The third-order valence-electron chi connectivity index (χ3n) is 3.67. The van der Waals surface area contributed by atoms with Gasteiger partial charge in [0.25, 0.3) is 5.56 Å². The van der Waals surface area contributed by atoms with Crippen molar-refractivity contribution in [1.29, 1.82) is 0 Å². The van der Waals surface area contributed by atoms with Crippen molar-refractivity contribution in [3.05, 3.63) is 46.5 Å². The summed E-state index contributed by atoms with van der Waals surface area (Å²) in [6.07, 6.45) is 3.88. The smallest absolute Gasteiger partial charge is 0.258 e. The monoisotopic (exact) mass is 286 g/mol. The standard InChI is InChI=1S/C15H18N4O2/c20-14-9-12(17-13-5-1-2-8-19(13)14)10-16-11-15(21)18-6-3-4-7-18/h1-2,5,8-9,16H,3-4,6-7,10-11H2. The summed E-state index contributed by atoms with van der Waals surface area (Å²) in [5, 5.41) is 3.07. The SMILES string of the molecule is O=C(CNCc1cc(=O)n2ccccc2n1)N1CCCC1. The van der Waals surface area contributed by atoms with E-state index in [1.54, 1.807) is 18.3 Å². The Morgan fingerprint density at radius 3 is 2.90 bits per heavy atom. The Labute approximate surface area is 122 Å². The van der Waals surface area contributed by atoms with E-state index in [9.17, 15) is 9.59 Å². The number of likely N-dealkylation sites (tertiary alicyclic amines) is 1. The molecule has 6 heteroatoms. The molecule has 0 aromatic carbocycles. The Kier molecular flexibility index (Phi) is 3.96. The van der Waals surface area contributed by atoms with Crippen LogP contribution in [0.25, 0.3) is 5.65 Å². The lowest BCUT2D eigenvalue weighted by molar-refractivity contribution is -0.129. The molecule has 1 N–H and O–H groups in total. The first-order valence-corrected chi connectivity index (χ1v) is 7.20. The highest BCUT2D eigenvalue weighted by Gasteiger charge is 2.17. The van der Waals surface area contributed by atoms with Gasteiger partial charge in [-0.25, -0.2) is 4.98 Å². The maximum atomic E-state index is 11.9. The van der Waals surface area contributed by atoms with Crippen LogP contribution in [-0.4, -0.2) is 39.8 Å².